The predicted octanol–water partition coefficient (Wildman–Crippen LogP) is 3.03. The Balaban J connectivity index is 1.56. The fourth-order valence-electron chi connectivity index (χ4n) is 3.88. The molecule has 3 aliphatic rings. The van der Waals surface area contributed by atoms with Gasteiger partial charge in [0.05, 0.1) is 0 Å². The summed E-state index contributed by atoms with van der Waals surface area (Å²) in [4.78, 5) is 2.78. The summed E-state index contributed by atoms with van der Waals surface area (Å²) in [5, 5.41) is 3.83. The van der Waals surface area contributed by atoms with Crippen LogP contribution in [0.1, 0.15) is 58.8 Å². The number of hydrogen-bond donors (Lipinski definition) is 1. The van der Waals surface area contributed by atoms with Crippen molar-refractivity contribution in [3.05, 3.63) is 0 Å². The molecule has 0 aromatic rings. The van der Waals surface area contributed by atoms with Gasteiger partial charge < -0.3 is 5.32 Å². The number of hydrogen-bond acceptors (Lipinski definition) is 2. The molecule has 104 valence electrons. The molecule has 0 bridgehead atoms. The van der Waals surface area contributed by atoms with Gasteiger partial charge in [0.1, 0.15) is 0 Å². The molecule has 0 aromatic heterocycles. The Morgan fingerprint density at radius 2 is 1.89 bits per heavy atom. The minimum absolute atomic E-state index is 0.669. The maximum absolute atomic E-state index is 3.83. The summed E-state index contributed by atoms with van der Waals surface area (Å²) in [6.07, 6.45) is 10.3. The van der Waals surface area contributed by atoms with Crippen LogP contribution in [0.3, 0.4) is 0 Å². The molecule has 0 amide bonds. The van der Waals surface area contributed by atoms with Gasteiger partial charge in [0.25, 0.3) is 0 Å². The molecule has 2 nitrogen and oxygen atoms in total. The zero-order chi connectivity index (χ0) is 12.6. The molecular weight excluding hydrogens is 220 g/mol. The van der Waals surface area contributed by atoms with Crippen molar-refractivity contribution >= 4 is 0 Å². The van der Waals surface area contributed by atoms with E-state index in [1.807, 2.05) is 0 Å². The monoisotopic (exact) mass is 250 g/mol. The highest BCUT2D eigenvalue weighted by molar-refractivity contribution is 4.96. The Labute approximate surface area is 113 Å². The molecule has 2 aliphatic carbocycles. The lowest BCUT2D eigenvalue weighted by atomic mass is 9.82. The number of nitrogens with zero attached hydrogens (tertiary/aromatic N) is 1. The van der Waals surface area contributed by atoms with Crippen molar-refractivity contribution < 1.29 is 0 Å². The highest BCUT2D eigenvalue weighted by atomic mass is 15.2. The van der Waals surface area contributed by atoms with Crippen LogP contribution in [-0.4, -0.2) is 36.6 Å². The van der Waals surface area contributed by atoms with E-state index in [-0.39, 0.29) is 0 Å². The lowest BCUT2D eigenvalue weighted by Crippen LogP contribution is -2.58. The van der Waals surface area contributed by atoms with E-state index in [2.05, 4.69) is 24.1 Å². The molecule has 3 rings (SSSR count). The van der Waals surface area contributed by atoms with Crippen LogP contribution >= 0.6 is 0 Å². The molecule has 2 atom stereocenters. The fraction of sp³-hybridized carbons (Fsp3) is 1.00. The van der Waals surface area contributed by atoms with Crippen molar-refractivity contribution in [2.75, 3.05) is 19.6 Å². The zero-order valence-corrected chi connectivity index (χ0v) is 12.3. The molecular formula is C16H30N2. The number of rotatable bonds is 3. The molecule has 2 heteroatoms. The molecule has 1 heterocycles. The largest absolute Gasteiger partial charge is 0.311 e. The van der Waals surface area contributed by atoms with Gasteiger partial charge in [0, 0.05) is 31.7 Å². The number of piperazine rings is 1. The van der Waals surface area contributed by atoms with Crippen LogP contribution in [0.2, 0.25) is 0 Å². The summed E-state index contributed by atoms with van der Waals surface area (Å²) in [5.41, 5.74) is 0.669. The minimum Gasteiger partial charge on any atom is -0.311 e. The van der Waals surface area contributed by atoms with E-state index in [9.17, 15) is 0 Å². The maximum atomic E-state index is 3.83. The molecule has 1 N–H and O–H groups in total. The molecule has 0 spiro atoms. The Morgan fingerprint density at radius 1 is 1.17 bits per heavy atom. The van der Waals surface area contributed by atoms with Crippen molar-refractivity contribution in [2.45, 2.75) is 70.9 Å². The van der Waals surface area contributed by atoms with Crippen molar-refractivity contribution in [1.82, 2.24) is 10.2 Å². The molecule has 1 saturated heterocycles. The van der Waals surface area contributed by atoms with Gasteiger partial charge in [0.2, 0.25) is 0 Å². The van der Waals surface area contributed by atoms with E-state index in [0.717, 1.165) is 18.0 Å². The van der Waals surface area contributed by atoms with Gasteiger partial charge in [-0.2, -0.15) is 0 Å². The summed E-state index contributed by atoms with van der Waals surface area (Å²) in [6, 6.07) is 1.52. The van der Waals surface area contributed by atoms with Crippen molar-refractivity contribution in [3.63, 3.8) is 0 Å². The van der Waals surface area contributed by atoms with E-state index in [1.54, 1.807) is 0 Å². The van der Waals surface area contributed by atoms with E-state index in [4.69, 9.17) is 0 Å². The first-order valence-electron chi connectivity index (χ1n) is 8.14. The third-order valence-electron chi connectivity index (χ3n) is 5.64. The van der Waals surface area contributed by atoms with Crippen molar-refractivity contribution in [3.8, 4) is 0 Å². The average molecular weight is 250 g/mol. The molecule has 1 aliphatic heterocycles. The molecule has 0 radical (unpaired) electrons. The van der Waals surface area contributed by atoms with Gasteiger partial charge in [-0.15, -0.1) is 0 Å². The predicted molar refractivity (Wildman–Crippen MR) is 76.7 cm³/mol. The lowest BCUT2D eigenvalue weighted by molar-refractivity contribution is 0.0876. The van der Waals surface area contributed by atoms with Crippen molar-refractivity contribution in [1.29, 1.82) is 0 Å². The second-order valence-electron chi connectivity index (χ2n) is 7.50. The van der Waals surface area contributed by atoms with Gasteiger partial charge in [-0.25, -0.2) is 0 Å². The first-order chi connectivity index (χ1) is 8.66. The zero-order valence-electron chi connectivity index (χ0n) is 12.3. The summed E-state index contributed by atoms with van der Waals surface area (Å²) in [7, 11) is 0. The number of nitrogens with one attached hydrogen (secondary N) is 1. The van der Waals surface area contributed by atoms with Gasteiger partial charge in [-0.3, -0.25) is 4.90 Å². The van der Waals surface area contributed by atoms with Crippen molar-refractivity contribution in [2.24, 2.45) is 11.3 Å². The highest BCUT2D eigenvalue weighted by Gasteiger charge is 2.41. The van der Waals surface area contributed by atoms with Crippen LogP contribution in [0.4, 0.5) is 0 Å². The SMILES string of the molecule is CC1CNC(C2CCCCC2)CN1CC1(C)CC1. The summed E-state index contributed by atoms with van der Waals surface area (Å²) in [6.45, 7) is 8.73. The lowest BCUT2D eigenvalue weighted by Gasteiger charge is -2.43. The molecule has 0 aromatic carbocycles. The standard InChI is InChI=1S/C16H30N2/c1-13-10-17-15(14-6-4-3-5-7-14)11-18(13)12-16(2)8-9-16/h13-15,17H,3-12H2,1-2H3. The molecule has 2 saturated carbocycles. The van der Waals surface area contributed by atoms with Crippen LogP contribution < -0.4 is 5.32 Å². The van der Waals surface area contributed by atoms with Crippen LogP contribution in [0.5, 0.6) is 0 Å². The second-order valence-corrected chi connectivity index (χ2v) is 7.50. The fourth-order valence-corrected chi connectivity index (χ4v) is 3.88. The first-order valence-corrected chi connectivity index (χ1v) is 8.14. The normalized spacial score (nSPS) is 37.7. The Morgan fingerprint density at radius 3 is 2.56 bits per heavy atom. The minimum atomic E-state index is 0.669. The van der Waals surface area contributed by atoms with Crippen LogP contribution in [0.25, 0.3) is 0 Å². The summed E-state index contributed by atoms with van der Waals surface area (Å²) >= 11 is 0. The topological polar surface area (TPSA) is 15.3 Å². The summed E-state index contributed by atoms with van der Waals surface area (Å²) in [5.74, 6) is 0.959. The van der Waals surface area contributed by atoms with E-state index in [0.29, 0.717) is 5.41 Å². The Bertz CT molecular complexity index is 279. The Hall–Kier alpha value is -0.0800. The Kier molecular flexibility index (Phi) is 3.68. The maximum Gasteiger partial charge on any atom is 0.0224 e. The third kappa shape index (κ3) is 2.91. The van der Waals surface area contributed by atoms with Crippen LogP contribution in [-0.2, 0) is 0 Å². The van der Waals surface area contributed by atoms with Crippen LogP contribution in [0.15, 0.2) is 0 Å². The third-order valence-corrected chi connectivity index (χ3v) is 5.64. The van der Waals surface area contributed by atoms with Gasteiger partial charge in [-0.1, -0.05) is 26.2 Å². The van der Waals surface area contributed by atoms with Crippen LogP contribution in [0, 0.1) is 11.3 Å². The molecule has 3 fully saturated rings. The molecule has 2 unspecified atom stereocenters. The smallest absolute Gasteiger partial charge is 0.0224 e. The van der Waals surface area contributed by atoms with E-state index >= 15 is 0 Å². The quantitative estimate of drug-likeness (QED) is 0.828. The van der Waals surface area contributed by atoms with E-state index < -0.39 is 0 Å². The second kappa shape index (κ2) is 5.13. The van der Waals surface area contributed by atoms with Gasteiger partial charge in [0.15, 0.2) is 0 Å². The van der Waals surface area contributed by atoms with E-state index in [1.165, 1.54) is 64.6 Å². The molecule has 18 heavy (non-hydrogen) atoms. The summed E-state index contributed by atoms with van der Waals surface area (Å²) < 4.78 is 0. The average Bonchev–Trinajstić information content (AvgIpc) is 3.11. The highest BCUT2D eigenvalue weighted by Crippen LogP contribution is 2.46. The van der Waals surface area contributed by atoms with Gasteiger partial charge in [-0.05, 0) is 43.9 Å². The van der Waals surface area contributed by atoms with Gasteiger partial charge >= 0.3 is 0 Å². The first kappa shape index (κ1) is 12.9.